The van der Waals surface area contributed by atoms with Crippen LogP contribution in [0.25, 0.3) is 6.08 Å². The number of unbranched alkanes of at least 4 members (excludes halogenated alkanes) is 1. The molecule has 8 heteroatoms. The predicted octanol–water partition coefficient (Wildman–Crippen LogP) is 2.15. The first-order valence-electron chi connectivity index (χ1n) is 8.01. The molecule has 0 bridgehead atoms. The lowest BCUT2D eigenvalue weighted by atomic mass is 10.1. The largest absolute Gasteiger partial charge is 0.465 e. The van der Waals surface area contributed by atoms with Crippen molar-refractivity contribution >= 4 is 33.7 Å². The Morgan fingerprint density at radius 3 is 2.62 bits per heavy atom. The van der Waals surface area contributed by atoms with E-state index in [9.17, 15) is 18.0 Å². The number of methoxy groups -OCH3 is 1. The van der Waals surface area contributed by atoms with Gasteiger partial charge in [-0.15, -0.1) is 0 Å². The Hall–Kier alpha value is -2.32. The molecule has 1 rings (SSSR count). The van der Waals surface area contributed by atoms with Gasteiger partial charge in [0.15, 0.2) is 0 Å². The maximum atomic E-state index is 12.1. The third-order valence-electron chi connectivity index (χ3n) is 3.60. The molecule has 0 saturated carbocycles. The summed E-state index contributed by atoms with van der Waals surface area (Å²) in [6.45, 7) is 1.87. The number of rotatable bonds is 8. The molecule has 0 radical (unpaired) electrons. The fourth-order valence-corrected chi connectivity index (χ4v) is 2.46. The average Bonchev–Trinajstić information content (AvgIpc) is 2.59. The number of sulfonamides is 1. The molecule has 1 amide bonds. The molecule has 0 heterocycles. The third-order valence-corrected chi connectivity index (χ3v) is 4.92. The van der Waals surface area contributed by atoms with E-state index in [-0.39, 0.29) is 5.71 Å². The van der Waals surface area contributed by atoms with Crippen LogP contribution in [0.5, 0.6) is 0 Å². The van der Waals surface area contributed by atoms with Crippen LogP contribution in [0.15, 0.2) is 35.3 Å². The molecular formula is C18H24N2O5S. The van der Waals surface area contributed by atoms with Gasteiger partial charge in [-0.3, -0.25) is 4.79 Å². The van der Waals surface area contributed by atoms with Gasteiger partial charge in [-0.1, -0.05) is 24.3 Å². The highest BCUT2D eigenvalue weighted by atomic mass is 32.2. The monoisotopic (exact) mass is 380 g/mol. The number of ether oxygens (including phenoxy) is 1. The first-order valence-corrected chi connectivity index (χ1v) is 9.86. The second-order valence-electron chi connectivity index (χ2n) is 5.75. The molecule has 0 atom stereocenters. The van der Waals surface area contributed by atoms with Gasteiger partial charge in [0.1, 0.15) is 5.71 Å². The first-order chi connectivity index (χ1) is 12.1. The summed E-state index contributed by atoms with van der Waals surface area (Å²) < 4.78 is 28.4. The summed E-state index contributed by atoms with van der Waals surface area (Å²) in [6, 6.07) is 6.87. The van der Waals surface area contributed by atoms with Gasteiger partial charge in [-0.25, -0.2) is 22.5 Å². The van der Waals surface area contributed by atoms with Crippen LogP contribution in [-0.4, -0.2) is 57.3 Å². The van der Waals surface area contributed by atoms with Gasteiger partial charge >= 0.3 is 5.97 Å². The van der Waals surface area contributed by atoms with E-state index >= 15 is 0 Å². The Morgan fingerprint density at radius 1 is 1.31 bits per heavy atom. The Kier molecular flexibility index (Phi) is 8.34. The van der Waals surface area contributed by atoms with Crippen LogP contribution in [0, 0.1) is 0 Å². The number of amides is 1. The number of aliphatic imine (C=N–C) groups is 1. The van der Waals surface area contributed by atoms with E-state index in [2.05, 4.69) is 9.73 Å². The number of benzene rings is 1. The Balaban J connectivity index is 2.67. The van der Waals surface area contributed by atoms with Gasteiger partial charge in [-0.05, 0) is 37.5 Å². The number of hydrogen-bond donors (Lipinski definition) is 0. The van der Waals surface area contributed by atoms with Crippen LogP contribution in [0.2, 0.25) is 0 Å². The highest BCUT2D eigenvalue weighted by molar-refractivity contribution is 7.88. The van der Waals surface area contributed by atoms with Gasteiger partial charge in [0, 0.05) is 19.2 Å². The lowest BCUT2D eigenvalue weighted by Gasteiger charge is -2.12. The Morgan fingerprint density at radius 2 is 2.00 bits per heavy atom. The molecule has 0 unspecified atom stereocenters. The molecular weight excluding hydrogens is 356 g/mol. The fraction of sp³-hybridized carbons (Fsp3) is 0.389. The van der Waals surface area contributed by atoms with E-state index in [1.54, 1.807) is 25.2 Å². The Bertz CT molecular complexity index is 813. The molecule has 0 aliphatic rings. The van der Waals surface area contributed by atoms with E-state index in [0.717, 1.165) is 5.56 Å². The van der Waals surface area contributed by atoms with Crippen molar-refractivity contribution in [3.8, 4) is 0 Å². The summed E-state index contributed by atoms with van der Waals surface area (Å²) in [5, 5.41) is 0. The normalized spacial score (nSPS) is 12.6. The number of nitrogens with zero attached hydrogens (tertiary/aromatic N) is 2. The van der Waals surface area contributed by atoms with Crippen LogP contribution in [0.3, 0.4) is 0 Å². The van der Waals surface area contributed by atoms with E-state index in [1.807, 2.05) is 18.2 Å². The van der Waals surface area contributed by atoms with Crippen LogP contribution >= 0.6 is 0 Å². The molecule has 0 spiro atoms. The molecule has 0 aliphatic carbocycles. The number of carbonyl (C=O) groups excluding carboxylic acids is 2. The maximum Gasteiger partial charge on any atom is 0.352 e. The van der Waals surface area contributed by atoms with Crippen molar-refractivity contribution in [2.24, 2.45) is 4.99 Å². The molecule has 26 heavy (non-hydrogen) atoms. The summed E-state index contributed by atoms with van der Waals surface area (Å²) >= 11 is 0. The van der Waals surface area contributed by atoms with Crippen LogP contribution in [0.4, 0.5) is 0 Å². The molecule has 7 nitrogen and oxygen atoms in total. The minimum atomic E-state index is -3.15. The molecule has 1 aromatic carbocycles. The van der Waals surface area contributed by atoms with Crippen LogP contribution in [0.1, 0.15) is 35.7 Å². The maximum absolute atomic E-state index is 12.1. The minimum Gasteiger partial charge on any atom is -0.465 e. The number of esters is 1. The van der Waals surface area contributed by atoms with Gasteiger partial charge in [0.25, 0.3) is 5.91 Å². The van der Waals surface area contributed by atoms with Crippen molar-refractivity contribution in [3.05, 3.63) is 41.5 Å². The minimum absolute atomic E-state index is 0.00607. The van der Waals surface area contributed by atoms with Gasteiger partial charge in [0.05, 0.1) is 13.4 Å². The highest BCUT2D eigenvalue weighted by Crippen LogP contribution is 2.10. The van der Waals surface area contributed by atoms with E-state index in [4.69, 9.17) is 0 Å². The van der Waals surface area contributed by atoms with Gasteiger partial charge in [-0.2, -0.15) is 0 Å². The zero-order valence-electron chi connectivity index (χ0n) is 15.4. The third kappa shape index (κ3) is 7.28. The quantitative estimate of drug-likeness (QED) is 0.391. The molecule has 142 valence electrons. The van der Waals surface area contributed by atoms with E-state index < -0.39 is 21.9 Å². The van der Waals surface area contributed by atoms with Gasteiger partial charge < -0.3 is 4.74 Å². The summed E-state index contributed by atoms with van der Waals surface area (Å²) in [7, 11) is -0.375. The average molecular weight is 380 g/mol. The van der Waals surface area contributed by atoms with Crippen molar-refractivity contribution in [2.45, 2.75) is 19.8 Å². The molecule has 0 fully saturated rings. The lowest BCUT2D eigenvalue weighted by Crippen LogP contribution is -2.26. The number of hydrogen-bond acceptors (Lipinski definition) is 5. The van der Waals surface area contributed by atoms with Crippen LogP contribution < -0.4 is 0 Å². The summed E-state index contributed by atoms with van der Waals surface area (Å²) in [5.74, 6) is -1.16. The van der Waals surface area contributed by atoms with E-state index in [1.165, 1.54) is 24.6 Å². The predicted molar refractivity (Wildman–Crippen MR) is 102 cm³/mol. The Labute approximate surface area is 154 Å². The lowest BCUT2D eigenvalue weighted by molar-refractivity contribution is -0.132. The summed E-state index contributed by atoms with van der Waals surface area (Å²) in [5.41, 5.74) is 1.18. The van der Waals surface area contributed by atoms with Crippen LogP contribution in [-0.2, 0) is 19.6 Å². The van der Waals surface area contributed by atoms with Crippen molar-refractivity contribution in [3.63, 3.8) is 0 Å². The number of carbonyl (C=O) groups is 2. The van der Waals surface area contributed by atoms with Crippen molar-refractivity contribution in [1.82, 2.24) is 4.31 Å². The zero-order valence-corrected chi connectivity index (χ0v) is 16.2. The van der Waals surface area contributed by atoms with Crippen molar-refractivity contribution < 1.29 is 22.7 Å². The molecule has 0 aromatic heterocycles. The summed E-state index contributed by atoms with van der Waals surface area (Å²) in [6.07, 6.45) is 6.35. The second kappa shape index (κ2) is 9.98. The second-order valence-corrected chi connectivity index (χ2v) is 7.84. The van der Waals surface area contributed by atoms with Crippen molar-refractivity contribution in [2.75, 3.05) is 27.0 Å². The molecule has 1 aromatic rings. The molecule has 0 aliphatic heterocycles. The molecule has 0 saturated heterocycles. The SMILES string of the molecule is COC(=O)C(C)=NC(=O)c1cccc(/C=C\CCCN(C)S(C)(=O)=O)c1. The topological polar surface area (TPSA) is 93.1 Å². The highest BCUT2D eigenvalue weighted by Gasteiger charge is 2.10. The number of allylic oxidation sites excluding steroid dienone is 1. The fourth-order valence-electron chi connectivity index (χ4n) is 2.00. The standard InChI is InChI=1S/C18H24N2O5S/c1-14(18(22)25-3)19-17(21)16-11-8-10-15(13-16)9-6-5-7-12-20(2)26(4,23)24/h6,8-11,13H,5,7,12H2,1-4H3/b9-6-,19-14?. The summed E-state index contributed by atoms with van der Waals surface area (Å²) in [4.78, 5) is 27.1. The molecule has 0 N–H and O–H groups in total. The van der Waals surface area contributed by atoms with Crippen molar-refractivity contribution in [1.29, 1.82) is 0 Å². The zero-order chi connectivity index (χ0) is 19.7. The van der Waals surface area contributed by atoms with Gasteiger partial charge in [0.2, 0.25) is 10.0 Å². The first kappa shape index (κ1) is 21.7. The smallest absolute Gasteiger partial charge is 0.352 e. The van der Waals surface area contributed by atoms with E-state index in [0.29, 0.717) is 24.9 Å².